The normalized spacial score (nSPS) is 17.0. The van der Waals surface area contributed by atoms with Crippen LogP contribution in [0.3, 0.4) is 0 Å². The summed E-state index contributed by atoms with van der Waals surface area (Å²) in [6, 6.07) is 14.3. The molecule has 7 nitrogen and oxygen atoms in total. The third-order valence-corrected chi connectivity index (χ3v) is 6.92. The van der Waals surface area contributed by atoms with Gasteiger partial charge in [-0.15, -0.1) is 0 Å². The van der Waals surface area contributed by atoms with Crippen molar-refractivity contribution in [3.05, 3.63) is 59.7 Å². The maximum atomic E-state index is 13.0. The molecule has 0 saturated heterocycles. The van der Waals surface area contributed by atoms with Crippen molar-refractivity contribution in [2.24, 2.45) is 11.3 Å². The number of amides is 2. The molecule has 0 spiro atoms. The predicted molar refractivity (Wildman–Crippen MR) is 128 cm³/mol. The minimum absolute atomic E-state index is 0.0325. The minimum atomic E-state index is -1.10. The molecular formula is C27H32N2O5. The van der Waals surface area contributed by atoms with Gasteiger partial charge >= 0.3 is 12.1 Å². The van der Waals surface area contributed by atoms with Crippen molar-refractivity contribution >= 4 is 18.0 Å². The fourth-order valence-electron chi connectivity index (χ4n) is 4.82. The number of carbonyl (C=O) groups excluding carboxylic acids is 2. The molecule has 34 heavy (non-hydrogen) atoms. The first-order chi connectivity index (χ1) is 16.2. The summed E-state index contributed by atoms with van der Waals surface area (Å²) in [6.07, 6.45) is 1.91. The zero-order valence-electron chi connectivity index (χ0n) is 19.8. The summed E-state index contributed by atoms with van der Waals surface area (Å²) < 4.78 is 5.61. The average molecular weight is 465 g/mol. The van der Waals surface area contributed by atoms with Crippen LogP contribution >= 0.6 is 0 Å². The Morgan fingerprint density at radius 1 is 0.971 bits per heavy atom. The van der Waals surface area contributed by atoms with Gasteiger partial charge in [-0.3, -0.25) is 4.79 Å². The number of rotatable bonds is 7. The number of fused-ring (bicyclic) bond motifs is 3. The van der Waals surface area contributed by atoms with Crippen LogP contribution in [0.4, 0.5) is 4.79 Å². The van der Waals surface area contributed by atoms with Crippen LogP contribution in [0.2, 0.25) is 0 Å². The van der Waals surface area contributed by atoms with E-state index in [-0.39, 0.29) is 18.4 Å². The van der Waals surface area contributed by atoms with E-state index >= 15 is 0 Å². The Hall–Kier alpha value is -3.35. The van der Waals surface area contributed by atoms with Gasteiger partial charge in [-0.25, -0.2) is 9.59 Å². The minimum Gasteiger partial charge on any atom is -0.480 e. The number of carbonyl (C=O) groups is 3. The standard InChI is InChI=1S/C27H32N2O5/c1-27(2,3)23(25(31)32)29-24(30)22(16-9-8-10-16)28-26(33)34-15-21-19-13-6-4-11-17(19)18-12-5-7-14-20(18)21/h4-7,11-14,16,21-23H,8-10,15H2,1-3H3,(H,28,33)(H,29,30)(H,31,32)/t22?,23-/m0/s1. The quantitative estimate of drug-likeness (QED) is 0.566. The van der Waals surface area contributed by atoms with Gasteiger partial charge in [-0.2, -0.15) is 0 Å². The fourth-order valence-corrected chi connectivity index (χ4v) is 4.82. The Labute approximate surface area is 199 Å². The maximum absolute atomic E-state index is 13.0. The van der Waals surface area contributed by atoms with Crippen LogP contribution in [-0.2, 0) is 14.3 Å². The second-order valence-corrected chi connectivity index (χ2v) is 10.3. The van der Waals surface area contributed by atoms with Crippen molar-refractivity contribution in [2.75, 3.05) is 6.61 Å². The summed E-state index contributed by atoms with van der Waals surface area (Å²) in [5.41, 5.74) is 3.83. The van der Waals surface area contributed by atoms with E-state index < -0.39 is 35.5 Å². The van der Waals surface area contributed by atoms with Gasteiger partial charge in [-0.05, 0) is 46.4 Å². The Morgan fingerprint density at radius 2 is 1.53 bits per heavy atom. The fraction of sp³-hybridized carbons (Fsp3) is 0.444. The number of nitrogens with one attached hydrogen (secondary N) is 2. The van der Waals surface area contributed by atoms with Gasteiger partial charge in [0.25, 0.3) is 0 Å². The number of carboxylic acid groups (broad SMARTS) is 1. The molecule has 7 heteroatoms. The van der Waals surface area contributed by atoms with Gasteiger partial charge in [0.1, 0.15) is 18.7 Å². The Kier molecular flexibility index (Phi) is 6.64. The molecule has 0 heterocycles. The first-order valence-electron chi connectivity index (χ1n) is 11.8. The number of alkyl carbamates (subject to hydrolysis) is 1. The lowest BCUT2D eigenvalue weighted by atomic mass is 9.79. The van der Waals surface area contributed by atoms with E-state index in [4.69, 9.17) is 4.74 Å². The van der Waals surface area contributed by atoms with Crippen LogP contribution in [-0.4, -0.2) is 41.8 Å². The summed E-state index contributed by atoms with van der Waals surface area (Å²) in [5, 5.41) is 14.9. The molecule has 180 valence electrons. The first-order valence-corrected chi connectivity index (χ1v) is 11.8. The molecule has 0 bridgehead atoms. The second kappa shape index (κ2) is 9.49. The highest BCUT2D eigenvalue weighted by Crippen LogP contribution is 2.44. The van der Waals surface area contributed by atoms with Crippen LogP contribution < -0.4 is 10.6 Å². The molecule has 2 aliphatic carbocycles. The lowest BCUT2D eigenvalue weighted by Gasteiger charge is -2.35. The molecule has 1 unspecified atom stereocenters. The Bertz CT molecular complexity index is 1040. The van der Waals surface area contributed by atoms with Crippen LogP contribution in [0.1, 0.15) is 57.1 Å². The molecule has 2 atom stereocenters. The van der Waals surface area contributed by atoms with Gasteiger partial charge in [0.2, 0.25) is 5.91 Å². The van der Waals surface area contributed by atoms with Crippen molar-refractivity contribution in [1.29, 1.82) is 0 Å². The zero-order chi connectivity index (χ0) is 24.5. The van der Waals surface area contributed by atoms with Crippen LogP contribution in [0.15, 0.2) is 48.5 Å². The van der Waals surface area contributed by atoms with Gasteiger partial charge in [0.15, 0.2) is 0 Å². The summed E-state index contributed by atoms with van der Waals surface area (Å²) in [5.74, 6) is -1.70. The molecule has 0 aliphatic heterocycles. The molecule has 2 aromatic carbocycles. The lowest BCUT2D eigenvalue weighted by molar-refractivity contribution is -0.145. The third-order valence-electron chi connectivity index (χ3n) is 6.92. The second-order valence-electron chi connectivity index (χ2n) is 10.3. The van der Waals surface area contributed by atoms with Gasteiger partial charge in [0.05, 0.1) is 0 Å². The first kappa shape index (κ1) is 23.8. The Morgan fingerprint density at radius 3 is 2.00 bits per heavy atom. The van der Waals surface area contributed by atoms with E-state index in [1.54, 1.807) is 20.8 Å². The zero-order valence-corrected chi connectivity index (χ0v) is 19.8. The molecule has 2 amide bonds. The number of ether oxygens (including phenoxy) is 1. The summed E-state index contributed by atoms with van der Waals surface area (Å²) in [4.78, 5) is 37.5. The molecule has 1 fully saturated rings. The van der Waals surface area contributed by atoms with E-state index in [1.165, 1.54) is 0 Å². The predicted octanol–water partition coefficient (Wildman–Crippen LogP) is 4.31. The van der Waals surface area contributed by atoms with Crippen molar-refractivity contribution in [3.63, 3.8) is 0 Å². The SMILES string of the molecule is CC(C)(C)[C@@H](NC(=O)C(NC(=O)OCC1c2ccccc2-c2ccccc21)C1CCC1)C(=O)O. The third kappa shape index (κ3) is 4.79. The molecular weight excluding hydrogens is 432 g/mol. The van der Waals surface area contributed by atoms with Crippen molar-refractivity contribution in [3.8, 4) is 11.1 Å². The molecule has 3 N–H and O–H groups in total. The molecule has 2 aromatic rings. The molecule has 0 aromatic heterocycles. The van der Waals surface area contributed by atoms with E-state index in [0.29, 0.717) is 0 Å². The van der Waals surface area contributed by atoms with E-state index in [2.05, 4.69) is 22.8 Å². The van der Waals surface area contributed by atoms with Gasteiger partial charge in [0, 0.05) is 5.92 Å². The van der Waals surface area contributed by atoms with Crippen molar-refractivity contribution in [1.82, 2.24) is 10.6 Å². The van der Waals surface area contributed by atoms with Crippen LogP contribution in [0, 0.1) is 11.3 Å². The van der Waals surface area contributed by atoms with Crippen LogP contribution in [0.25, 0.3) is 11.1 Å². The summed E-state index contributed by atoms with van der Waals surface area (Å²) in [6.45, 7) is 5.41. The number of carboxylic acids is 1. The van der Waals surface area contributed by atoms with E-state index in [9.17, 15) is 19.5 Å². The van der Waals surface area contributed by atoms with E-state index in [0.717, 1.165) is 41.5 Å². The largest absolute Gasteiger partial charge is 0.480 e. The number of aliphatic carboxylic acids is 1. The molecule has 4 rings (SSSR count). The molecule has 2 aliphatic rings. The topological polar surface area (TPSA) is 105 Å². The highest BCUT2D eigenvalue weighted by molar-refractivity contribution is 5.90. The van der Waals surface area contributed by atoms with Gasteiger partial charge in [-0.1, -0.05) is 75.7 Å². The monoisotopic (exact) mass is 464 g/mol. The average Bonchev–Trinajstić information content (AvgIpc) is 3.07. The lowest BCUT2D eigenvalue weighted by Crippen LogP contribution is -2.58. The number of benzene rings is 2. The summed E-state index contributed by atoms with van der Waals surface area (Å²) in [7, 11) is 0. The Balaban J connectivity index is 1.43. The van der Waals surface area contributed by atoms with E-state index in [1.807, 2.05) is 36.4 Å². The smallest absolute Gasteiger partial charge is 0.407 e. The van der Waals surface area contributed by atoms with Crippen molar-refractivity contribution in [2.45, 2.75) is 58.0 Å². The summed E-state index contributed by atoms with van der Waals surface area (Å²) >= 11 is 0. The van der Waals surface area contributed by atoms with Crippen molar-refractivity contribution < 1.29 is 24.2 Å². The van der Waals surface area contributed by atoms with Crippen LogP contribution in [0.5, 0.6) is 0 Å². The van der Waals surface area contributed by atoms with Gasteiger partial charge < -0.3 is 20.5 Å². The maximum Gasteiger partial charge on any atom is 0.407 e. The number of hydrogen-bond donors (Lipinski definition) is 3. The highest BCUT2D eigenvalue weighted by Gasteiger charge is 2.39. The number of hydrogen-bond acceptors (Lipinski definition) is 4. The molecule has 1 saturated carbocycles. The molecule has 0 radical (unpaired) electrons. The highest BCUT2D eigenvalue weighted by atomic mass is 16.5.